The lowest BCUT2D eigenvalue weighted by Crippen LogP contribution is -2.45. The van der Waals surface area contributed by atoms with Gasteiger partial charge in [-0.2, -0.15) is 0 Å². The molecule has 1 aromatic heterocycles. The number of nitrogens with two attached hydrogens (primary N) is 1. The Balaban J connectivity index is 2.15. The lowest BCUT2D eigenvalue weighted by Gasteiger charge is -2.37. The van der Waals surface area contributed by atoms with E-state index in [9.17, 15) is 0 Å². The summed E-state index contributed by atoms with van der Waals surface area (Å²) >= 11 is 6.05. The fourth-order valence-electron chi connectivity index (χ4n) is 2.38. The molecule has 1 saturated heterocycles. The molecule has 18 heavy (non-hydrogen) atoms. The van der Waals surface area contributed by atoms with Gasteiger partial charge in [0.25, 0.3) is 0 Å². The van der Waals surface area contributed by atoms with Gasteiger partial charge in [-0.3, -0.25) is 0 Å². The van der Waals surface area contributed by atoms with Gasteiger partial charge in [0, 0.05) is 25.7 Å². The topological polar surface area (TPSA) is 45.4 Å². The fourth-order valence-corrected chi connectivity index (χ4v) is 2.56. The number of rotatable bonds is 3. The van der Waals surface area contributed by atoms with E-state index >= 15 is 0 Å². The van der Waals surface area contributed by atoms with Gasteiger partial charge in [-0.1, -0.05) is 11.6 Å². The first-order valence-corrected chi connectivity index (χ1v) is 6.76. The molecule has 1 fully saturated rings. The summed E-state index contributed by atoms with van der Waals surface area (Å²) in [5.41, 5.74) is 6.43. The number of anilines is 1. The van der Waals surface area contributed by atoms with Gasteiger partial charge in [-0.05, 0) is 39.1 Å². The molecule has 2 N–H and O–H groups in total. The number of pyridine rings is 1. The average molecular weight is 269 g/mol. The number of hydrogen-bond acceptors (Lipinski definition) is 4. The number of halogens is 1. The Kier molecular flexibility index (Phi) is 4.43. The van der Waals surface area contributed by atoms with Crippen LogP contribution in [0, 0.1) is 0 Å². The first-order valence-electron chi connectivity index (χ1n) is 6.38. The van der Waals surface area contributed by atoms with Crippen molar-refractivity contribution in [2.24, 2.45) is 5.73 Å². The first-order chi connectivity index (χ1) is 8.61. The van der Waals surface area contributed by atoms with Crippen LogP contribution in [0.1, 0.15) is 18.5 Å². The lowest BCUT2D eigenvalue weighted by molar-refractivity contribution is 0.257. The van der Waals surface area contributed by atoms with Crippen LogP contribution in [0.15, 0.2) is 12.1 Å². The van der Waals surface area contributed by atoms with Gasteiger partial charge in [-0.25, -0.2) is 4.98 Å². The van der Waals surface area contributed by atoms with Crippen LogP contribution in [0.5, 0.6) is 0 Å². The van der Waals surface area contributed by atoms with E-state index in [-0.39, 0.29) is 0 Å². The third-order valence-corrected chi connectivity index (χ3v) is 3.89. The van der Waals surface area contributed by atoms with Crippen LogP contribution in [0.2, 0.25) is 5.02 Å². The lowest BCUT2D eigenvalue weighted by atomic mass is 10.0. The molecule has 0 amide bonds. The normalized spacial score (nSPS) is 20.5. The second-order valence-electron chi connectivity index (χ2n) is 5.01. The molecule has 100 valence electrons. The maximum Gasteiger partial charge on any atom is 0.129 e. The maximum atomic E-state index is 6.05. The Morgan fingerprint density at radius 1 is 1.50 bits per heavy atom. The third-order valence-electron chi connectivity index (χ3n) is 3.55. The number of aromatic nitrogens is 1. The van der Waals surface area contributed by atoms with E-state index in [1.165, 1.54) is 12.8 Å². The van der Waals surface area contributed by atoms with Crippen molar-refractivity contribution in [2.75, 3.05) is 32.1 Å². The average Bonchev–Trinajstić information content (AvgIpc) is 2.39. The van der Waals surface area contributed by atoms with Crippen molar-refractivity contribution in [2.45, 2.75) is 25.4 Å². The standard InChI is InChI=1S/C13H21ClN4/c1-17(2)10-4-3-7-18(9-10)13-6-5-11(14)12(8-15)16-13/h5-6,10H,3-4,7-9,15H2,1-2H3. The van der Waals surface area contributed by atoms with Crippen molar-refractivity contribution in [1.82, 2.24) is 9.88 Å². The van der Waals surface area contributed by atoms with E-state index in [1.807, 2.05) is 12.1 Å². The molecule has 0 aliphatic carbocycles. The number of piperidine rings is 1. The van der Waals surface area contributed by atoms with Crippen LogP contribution in [0.3, 0.4) is 0 Å². The van der Waals surface area contributed by atoms with Crippen LogP contribution in [0.25, 0.3) is 0 Å². The van der Waals surface area contributed by atoms with Gasteiger partial charge in [-0.15, -0.1) is 0 Å². The van der Waals surface area contributed by atoms with E-state index < -0.39 is 0 Å². The molecule has 1 aliphatic heterocycles. The van der Waals surface area contributed by atoms with E-state index in [4.69, 9.17) is 17.3 Å². The highest BCUT2D eigenvalue weighted by Gasteiger charge is 2.22. The zero-order chi connectivity index (χ0) is 13.1. The predicted molar refractivity (Wildman–Crippen MR) is 76.1 cm³/mol. The first kappa shape index (κ1) is 13.6. The van der Waals surface area contributed by atoms with E-state index in [0.29, 0.717) is 17.6 Å². The number of likely N-dealkylation sites (N-methyl/N-ethyl adjacent to an activating group) is 1. The van der Waals surface area contributed by atoms with Gasteiger partial charge in [0.2, 0.25) is 0 Å². The SMILES string of the molecule is CN(C)C1CCCN(c2ccc(Cl)c(CN)n2)C1. The predicted octanol–water partition coefficient (Wildman–Crippen LogP) is 1.72. The molecule has 0 spiro atoms. The smallest absolute Gasteiger partial charge is 0.129 e. The summed E-state index contributed by atoms with van der Waals surface area (Å²) in [6.07, 6.45) is 2.45. The number of nitrogens with zero attached hydrogens (tertiary/aromatic N) is 3. The monoisotopic (exact) mass is 268 g/mol. The minimum absolute atomic E-state index is 0.387. The Morgan fingerprint density at radius 2 is 2.28 bits per heavy atom. The highest BCUT2D eigenvalue weighted by Crippen LogP contribution is 2.23. The second kappa shape index (κ2) is 5.87. The summed E-state index contributed by atoms with van der Waals surface area (Å²) in [6.45, 7) is 2.46. The molecule has 0 bridgehead atoms. The summed E-state index contributed by atoms with van der Waals surface area (Å²) < 4.78 is 0. The minimum atomic E-state index is 0.387. The van der Waals surface area contributed by atoms with Crippen LogP contribution >= 0.6 is 11.6 Å². The van der Waals surface area contributed by atoms with Gasteiger partial charge in [0.15, 0.2) is 0 Å². The van der Waals surface area contributed by atoms with Crippen LogP contribution in [-0.2, 0) is 6.54 Å². The Hall–Kier alpha value is -0.840. The zero-order valence-corrected chi connectivity index (χ0v) is 11.8. The summed E-state index contributed by atoms with van der Waals surface area (Å²) in [4.78, 5) is 9.17. The molecule has 0 saturated carbocycles. The summed E-state index contributed by atoms with van der Waals surface area (Å²) in [7, 11) is 4.27. The molecule has 1 atom stereocenters. The molecule has 0 aromatic carbocycles. The van der Waals surface area contributed by atoms with E-state index in [0.717, 1.165) is 24.6 Å². The van der Waals surface area contributed by atoms with Gasteiger partial charge in [0.1, 0.15) is 5.82 Å². The van der Waals surface area contributed by atoms with Crippen LogP contribution in [-0.4, -0.2) is 43.1 Å². The summed E-state index contributed by atoms with van der Waals surface area (Å²) in [6, 6.07) is 4.47. The molecule has 2 heterocycles. The van der Waals surface area contributed by atoms with Gasteiger partial charge < -0.3 is 15.5 Å². The quantitative estimate of drug-likeness (QED) is 0.907. The van der Waals surface area contributed by atoms with Crippen molar-refractivity contribution in [3.63, 3.8) is 0 Å². The van der Waals surface area contributed by atoms with Crippen molar-refractivity contribution < 1.29 is 0 Å². The fraction of sp³-hybridized carbons (Fsp3) is 0.615. The van der Waals surface area contributed by atoms with E-state index in [2.05, 4.69) is 28.9 Å². The highest BCUT2D eigenvalue weighted by molar-refractivity contribution is 6.31. The van der Waals surface area contributed by atoms with Crippen LogP contribution in [0.4, 0.5) is 5.82 Å². The van der Waals surface area contributed by atoms with Gasteiger partial charge in [0.05, 0.1) is 10.7 Å². The van der Waals surface area contributed by atoms with Crippen molar-refractivity contribution in [3.8, 4) is 0 Å². The minimum Gasteiger partial charge on any atom is -0.355 e. The largest absolute Gasteiger partial charge is 0.355 e. The van der Waals surface area contributed by atoms with E-state index in [1.54, 1.807) is 0 Å². The second-order valence-corrected chi connectivity index (χ2v) is 5.41. The maximum absolute atomic E-state index is 6.05. The molecular formula is C13H21ClN4. The Morgan fingerprint density at radius 3 is 2.94 bits per heavy atom. The molecular weight excluding hydrogens is 248 g/mol. The van der Waals surface area contributed by atoms with Crippen molar-refractivity contribution >= 4 is 17.4 Å². The molecule has 1 unspecified atom stereocenters. The van der Waals surface area contributed by atoms with Gasteiger partial charge >= 0.3 is 0 Å². The molecule has 1 aliphatic rings. The Bertz CT molecular complexity index is 408. The van der Waals surface area contributed by atoms with Crippen LogP contribution < -0.4 is 10.6 Å². The molecule has 2 rings (SSSR count). The number of hydrogen-bond donors (Lipinski definition) is 1. The summed E-state index contributed by atoms with van der Waals surface area (Å²) in [5, 5.41) is 0.655. The molecule has 1 aromatic rings. The van der Waals surface area contributed by atoms with Crippen molar-refractivity contribution in [3.05, 3.63) is 22.8 Å². The highest BCUT2D eigenvalue weighted by atomic mass is 35.5. The Labute approximate surface area is 114 Å². The molecule has 5 heteroatoms. The third kappa shape index (κ3) is 2.94. The zero-order valence-electron chi connectivity index (χ0n) is 11.1. The molecule has 0 radical (unpaired) electrons. The van der Waals surface area contributed by atoms with Crippen molar-refractivity contribution in [1.29, 1.82) is 0 Å². The summed E-state index contributed by atoms with van der Waals surface area (Å²) in [5.74, 6) is 0.992. The molecule has 4 nitrogen and oxygen atoms in total.